The molecule has 2 unspecified atom stereocenters. The second-order valence-corrected chi connectivity index (χ2v) is 6.17. The van der Waals surface area contributed by atoms with Gasteiger partial charge in [-0.1, -0.05) is 12.1 Å². The van der Waals surface area contributed by atoms with E-state index in [0.717, 1.165) is 15.6 Å². The molecule has 18 heavy (non-hydrogen) atoms. The smallest absolute Gasteiger partial charge is 0.113 e. The molecule has 1 N–H and O–H groups in total. The molecule has 0 radical (unpaired) electrons. The number of ether oxygens (including phenoxy) is 1. The Hall–Kier alpha value is -0.640. The minimum Gasteiger partial charge on any atom is -0.384 e. The first-order chi connectivity index (χ1) is 8.52. The van der Waals surface area contributed by atoms with Crippen molar-refractivity contribution in [2.75, 3.05) is 13.2 Å². The highest BCUT2D eigenvalue weighted by Crippen LogP contribution is 2.45. The van der Waals surface area contributed by atoms with Crippen LogP contribution in [0, 0.1) is 20.3 Å². The molecule has 2 atom stereocenters. The molecule has 96 valence electrons. The second-order valence-electron chi connectivity index (χ2n) is 4.93. The summed E-state index contributed by atoms with van der Waals surface area (Å²) in [7, 11) is 0. The van der Waals surface area contributed by atoms with Crippen LogP contribution in [0.25, 0.3) is 0 Å². The summed E-state index contributed by atoms with van der Waals surface area (Å²) < 4.78 is 6.53. The summed E-state index contributed by atoms with van der Waals surface area (Å²) >= 11 is 2.22. The Morgan fingerprint density at radius 3 is 2.61 bits per heavy atom. The minimum absolute atomic E-state index is 0.294. The molecular formula is C14H16INO2. The van der Waals surface area contributed by atoms with E-state index in [9.17, 15) is 10.4 Å². The predicted molar refractivity (Wildman–Crippen MR) is 76.8 cm³/mol. The maximum atomic E-state index is 10.8. The third-order valence-electron chi connectivity index (χ3n) is 3.79. The van der Waals surface area contributed by atoms with E-state index >= 15 is 0 Å². The van der Waals surface area contributed by atoms with E-state index in [1.807, 2.05) is 24.3 Å². The van der Waals surface area contributed by atoms with E-state index in [4.69, 9.17) is 4.74 Å². The molecule has 1 aliphatic heterocycles. The average molecular weight is 357 g/mol. The first-order valence-corrected chi connectivity index (χ1v) is 7.07. The van der Waals surface area contributed by atoms with E-state index < -0.39 is 11.0 Å². The average Bonchev–Trinajstić information content (AvgIpc) is 2.40. The van der Waals surface area contributed by atoms with Gasteiger partial charge in [-0.3, -0.25) is 0 Å². The maximum absolute atomic E-state index is 10.8. The largest absolute Gasteiger partial charge is 0.384 e. The number of nitrogens with zero attached hydrogens (tertiary/aromatic N) is 1. The highest BCUT2D eigenvalue weighted by Gasteiger charge is 2.50. The summed E-state index contributed by atoms with van der Waals surface area (Å²) in [6, 6.07) is 9.95. The molecule has 1 fully saturated rings. The Labute approximate surface area is 121 Å². The molecule has 1 heterocycles. The van der Waals surface area contributed by atoms with E-state index in [0.29, 0.717) is 19.6 Å². The summed E-state index contributed by atoms with van der Waals surface area (Å²) in [5, 5.41) is 20.3. The van der Waals surface area contributed by atoms with Gasteiger partial charge in [-0.25, -0.2) is 0 Å². The number of hydrogen-bond acceptors (Lipinski definition) is 3. The molecule has 0 saturated carbocycles. The van der Waals surface area contributed by atoms with Crippen molar-refractivity contribution in [3.05, 3.63) is 33.4 Å². The zero-order valence-corrected chi connectivity index (χ0v) is 12.5. The van der Waals surface area contributed by atoms with Gasteiger partial charge in [0.05, 0.1) is 12.7 Å². The van der Waals surface area contributed by atoms with E-state index in [1.165, 1.54) is 0 Å². The Balaban J connectivity index is 2.39. The van der Waals surface area contributed by atoms with Crippen LogP contribution in [0.5, 0.6) is 0 Å². The Morgan fingerprint density at radius 1 is 1.44 bits per heavy atom. The number of rotatable bonds is 2. The summed E-state index contributed by atoms with van der Waals surface area (Å²) in [6.07, 6.45) is 1.48. The highest BCUT2D eigenvalue weighted by molar-refractivity contribution is 14.1. The first-order valence-electron chi connectivity index (χ1n) is 5.99. The predicted octanol–water partition coefficient (Wildman–Crippen LogP) is 2.82. The Morgan fingerprint density at radius 2 is 2.11 bits per heavy atom. The fraction of sp³-hybridized carbons (Fsp3) is 0.500. The van der Waals surface area contributed by atoms with Crippen molar-refractivity contribution in [3.63, 3.8) is 0 Å². The molecule has 4 heteroatoms. The van der Waals surface area contributed by atoms with E-state index in [-0.39, 0.29) is 0 Å². The molecule has 1 saturated heterocycles. The summed E-state index contributed by atoms with van der Waals surface area (Å²) in [6.45, 7) is 2.68. The molecular weight excluding hydrogens is 341 g/mol. The summed E-state index contributed by atoms with van der Waals surface area (Å²) in [4.78, 5) is 0. The standard InChI is InChI=1S/C14H16INO2/c1-13(17,11-3-5-12(15)6-4-11)14(9-16)7-2-8-18-10-14/h3-6,17H,2,7-8,10H2,1H3. The second kappa shape index (κ2) is 5.16. The molecule has 2 rings (SSSR count). The molecule has 0 aliphatic carbocycles. The number of halogens is 1. The van der Waals surface area contributed by atoms with Crippen molar-refractivity contribution in [3.8, 4) is 6.07 Å². The maximum Gasteiger partial charge on any atom is 0.113 e. The van der Waals surface area contributed by atoms with Gasteiger partial charge in [0.25, 0.3) is 0 Å². The number of benzene rings is 1. The number of nitriles is 1. The molecule has 1 aliphatic rings. The quantitative estimate of drug-likeness (QED) is 0.829. The van der Waals surface area contributed by atoms with Crippen molar-refractivity contribution in [1.29, 1.82) is 5.26 Å². The zero-order valence-electron chi connectivity index (χ0n) is 10.3. The zero-order chi connectivity index (χ0) is 13.2. The topological polar surface area (TPSA) is 53.2 Å². The lowest BCUT2D eigenvalue weighted by Crippen LogP contribution is -2.48. The Bertz CT molecular complexity index is 456. The lowest BCUT2D eigenvalue weighted by molar-refractivity contribution is -0.113. The molecule has 0 amide bonds. The monoisotopic (exact) mass is 357 g/mol. The van der Waals surface area contributed by atoms with Gasteiger partial charge < -0.3 is 9.84 Å². The van der Waals surface area contributed by atoms with Crippen LogP contribution in [0.15, 0.2) is 24.3 Å². The van der Waals surface area contributed by atoms with Gasteiger partial charge in [-0.2, -0.15) is 5.26 Å². The molecule has 1 aromatic rings. The van der Waals surface area contributed by atoms with Crippen LogP contribution < -0.4 is 0 Å². The molecule has 0 spiro atoms. The minimum atomic E-state index is -1.19. The van der Waals surface area contributed by atoms with Gasteiger partial charge in [0.1, 0.15) is 11.0 Å². The lowest BCUT2D eigenvalue weighted by Gasteiger charge is -2.42. The number of hydrogen-bond donors (Lipinski definition) is 1. The third-order valence-corrected chi connectivity index (χ3v) is 4.51. The van der Waals surface area contributed by atoms with Gasteiger partial charge >= 0.3 is 0 Å². The van der Waals surface area contributed by atoms with Crippen molar-refractivity contribution < 1.29 is 9.84 Å². The van der Waals surface area contributed by atoms with Gasteiger partial charge in [-0.15, -0.1) is 0 Å². The van der Waals surface area contributed by atoms with Crippen LogP contribution in [0.4, 0.5) is 0 Å². The molecule has 3 nitrogen and oxygen atoms in total. The van der Waals surface area contributed by atoms with Crippen molar-refractivity contribution in [2.24, 2.45) is 5.41 Å². The molecule has 0 bridgehead atoms. The molecule has 1 aromatic carbocycles. The summed E-state index contributed by atoms with van der Waals surface area (Å²) in [5.74, 6) is 0. The van der Waals surface area contributed by atoms with Crippen molar-refractivity contribution in [2.45, 2.75) is 25.4 Å². The summed E-state index contributed by atoms with van der Waals surface area (Å²) in [5.41, 5.74) is -1.26. The molecule has 0 aromatic heterocycles. The van der Waals surface area contributed by atoms with Gasteiger partial charge in [0.2, 0.25) is 0 Å². The fourth-order valence-corrected chi connectivity index (χ4v) is 2.79. The van der Waals surface area contributed by atoms with E-state index in [2.05, 4.69) is 28.7 Å². The van der Waals surface area contributed by atoms with Crippen LogP contribution in [-0.4, -0.2) is 18.3 Å². The van der Waals surface area contributed by atoms with Gasteiger partial charge in [0.15, 0.2) is 0 Å². The number of aliphatic hydroxyl groups is 1. The SMILES string of the molecule is CC(O)(c1ccc(I)cc1)C1(C#N)CCCOC1. The third kappa shape index (κ3) is 2.27. The van der Waals surface area contributed by atoms with Crippen LogP contribution >= 0.6 is 22.6 Å². The van der Waals surface area contributed by atoms with Crippen LogP contribution in [0.3, 0.4) is 0 Å². The Kier molecular flexibility index (Phi) is 3.95. The van der Waals surface area contributed by atoms with Crippen LogP contribution in [-0.2, 0) is 10.3 Å². The highest BCUT2D eigenvalue weighted by atomic mass is 127. The van der Waals surface area contributed by atoms with Crippen LogP contribution in [0.1, 0.15) is 25.3 Å². The van der Waals surface area contributed by atoms with Gasteiger partial charge in [0, 0.05) is 10.2 Å². The first kappa shape index (κ1) is 13.8. The van der Waals surface area contributed by atoms with Crippen molar-refractivity contribution >= 4 is 22.6 Å². The van der Waals surface area contributed by atoms with Gasteiger partial charge in [-0.05, 0) is 60.1 Å². The van der Waals surface area contributed by atoms with E-state index in [1.54, 1.807) is 6.92 Å². The lowest BCUT2D eigenvalue weighted by atomic mass is 9.67. The normalized spacial score (nSPS) is 27.2. The van der Waals surface area contributed by atoms with Crippen LogP contribution in [0.2, 0.25) is 0 Å². The van der Waals surface area contributed by atoms with Crippen molar-refractivity contribution in [1.82, 2.24) is 0 Å². The fourth-order valence-electron chi connectivity index (χ4n) is 2.43.